The molecule has 1 aliphatic rings. The first-order valence-corrected chi connectivity index (χ1v) is 10.0. The quantitative estimate of drug-likeness (QED) is 0.718. The highest BCUT2D eigenvalue weighted by Gasteiger charge is 2.35. The molecule has 0 spiro atoms. The van der Waals surface area contributed by atoms with E-state index in [1.54, 1.807) is 12.4 Å². The van der Waals surface area contributed by atoms with E-state index in [0.29, 0.717) is 5.82 Å². The van der Waals surface area contributed by atoms with Gasteiger partial charge in [0.1, 0.15) is 0 Å². The van der Waals surface area contributed by atoms with Gasteiger partial charge in [0.25, 0.3) is 0 Å². The van der Waals surface area contributed by atoms with Crippen molar-refractivity contribution in [3.8, 4) is 11.4 Å². The van der Waals surface area contributed by atoms with E-state index in [0.717, 1.165) is 35.2 Å². The summed E-state index contributed by atoms with van der Waals surface area (Å²) in [7, 11) is 0. The fourth-order valence-electron chi connectivity index (χ4n) is 4.01. The van der Waals surface area contributed by atoms with Gasteiger partial charge in [-0.2, -0.15) is 0 Å². The zero-order chi connectivity index (χ0) is 20.4. The molecule has 1 N–H and O–H groups in total. The van der Waals surface area contributed by atoms with Crippen LogP contribution in [-0.2, 0) is 11.2 Å². The number of amides is 1. The standard InChI is InChI=1S/C24H26N4O/c1-16(17-7-5-4-6-8-17)23(29)28-21-14-24(2,3)13-20-19(21)15-26-22(27-20)18-9-11-25-12-10-18/h4-12,15-16,21H,13-14H2,1-3H3,(H,28,29)/t16-,21-/m1/s1. The number of nitrogens with zero attached hydrogens (tertiary/aromatic N) is 3. The van der Waals surface area contributed by atoms with Crippen LogP contribution in [0.3, 0.4) is 0 Å². The molecule has 4 rings (SSSR count). The molecule has 0 saturated heterocycles. The first-order valence-electron chi connectivity index (χ1n) is 10.0. The van der Waals surface area contributed by atoms with Crippen LogP contribution in [-0.4, -0.2) is 20.9 Å². The van der Waals surface area contributed by atoms with Gasteiger partial charge >= 0.3 is 0 Å². The largest absolute Gasteiger partial charge is 0.349 e. The second-order valence-electron chi connectivity index (χ2n) is 8.57. The van der Waals surface area contributed by atoms with Crippen LogP contribution in [0.1, 0.15) is 56.0 Å². The van der Waals surface area contributed by atoms with Crippen molar-refractivity contribution < 1.29 is 4.79 Å². The molecule has 2 aromatic heterocycles. The van der Waals surface area contributed by atoms with Gasteiger partial charge < -0.3 is 5.32 Å². The predicted octanol–water partition coefficient (Wildman–Crippen LogP) is 4.47. The van der Waals surface area contributed by atoms with Gasteiger partial charge in [-0.05, 0) is 42.9 Å². The van der Waals surface area contributed by atoms with E-state index in [1.807, 2.05) is 55.6 Å². The molecule has 0 radical (unpaired) electrons. The van der Waals surface area contributed by atoms with E-state index in [-0.39, 0.29) is 23.3 Å². The molecule has 0 fully saturated rings. The van der Waals surface area contributed by atoms with E-state index < -0.39 is 0 Å². The Kier molecular flexibility index (Phi) is 5.14. The highest BCUT2D eigenvalue weighted by Crippen LogP contribution is 2.40. The van der Waals surface area contributed by atoms with Crippen LogP contribution in [0.25, 0.3) is 11.4 Å². The van der Waals surface area contributed by atoms with Crippen molar-refractivity contribution in [3.63, 3.8) is 0 Å². The second-order valence-corrected chi connectivity index (χ2v) is 8.57. The zero-order valence-corrected chi connectivity index (χ0v) is 17.1. The highest BCUT2D eigenvalue weighted by atomic mass is 16.1. The molecule has 148 valence electrons. The lowest BCUT2D eigenvalue weighted by Crippen LogP contribution is -2.38. The third-order valence-corrected chi connectivity index (χ3v) is 5.63. The molecular weight excluding hydrogens is 360 g/mol. The van der Waals surface area contributed by atoms with Crippen LogP contribution in [0.4, 0.5) is 0 Å². The van der Waals surface area contributed by atoms with Crippen LogP contribution < -0.4 is 5.32 Å². The smallest absolute Gasteiger partial charge is 0.227 e. The van der Waals surface area contributed by atoms with E-state index >= 15 is 0 Å². The van der Waals surface area contributed by atoms with Crippen molar-refractivity contribution >= 4 is 5.91 Å². The molecule has 2 atom stereocenters. The van der Waals surface area contributed by atoms with E-state index in [2.05, 4.69) is 29.1 Å². The molecule has 3 aromatic rings. The van der Waals surface area contributed by atoms with Crippen molar-refractivity contribution in [2.24, 2.45) is 5.41 Å². The van der Waals surface area contributed by atoms with Crippen molar-refractivity contribution in [2.45, 2.75) is 45.6 Å². The minimum absolute atomic E-state index is 0.0306. The molecule has 5 heteroatoms. The molecule has 0 aliphatic heterocycles. The van der Waals surface area contributed by atoms with Crippen LogP contribution in [0.5, 0.6) is 0 Å². The number of hydrogen-bond donors (Lipinski definition) is 1. The Labute approximate surface area is 171 Å². The summed E-state index contributed by atoms with van der Waals surface area (Å²) < 4.78 is 0. The van der Waals surface area contributed by atoms with Crippen LogP contribution in [0, 0.1) is 5.41 Å². The van der Waals surface area contributed by atoms with Crippen LogP contribution in [0.15, 0.2) is 61.1 Å². The predicted molar refractivity (Wildman–Crippen MR) is 113 cm³/mol. The molecule has 0 saturated carbocycles. The Balaban J connectivity index is 1.61. The van der Waals surface area contributed by atoms with Gasteiger partial charge in [-0.25, -0.2) is 9.97 Å². The number of carbonyl (C=O) groups is 1. The van der Waals surface area contributed by atoms with E-state index in [4.69, 9.17) is 4.98 Å². The lowest BCUT2D eigenvalue weighted by molar-refractivity contribution is -0.123. The van der Waals surface area contributed by atoms with Gasteiger partial charge in [-0.1, -0.05) is 44.2 Å². The van der Waals surface area contributed by atoms with E-state index in [1.165, 1.54) is 0 Å². The molecule has 1 aliphatic carbocycles. The van der Waals surface area contributed by atoms with Gasteiger partial charge in [0, 0.05) is 29.7 Å². The van der Waals surface area contributed by atoms with Crippen molar-refractivity contribution in [1.29, 1.82) is 0 Å². The molecule has 5 nitrogen and oxygen atoms in total. The third kappa shape index (κ3) is 4.19. The summed E-state index contributed by atoms with van der Waals surface area (Å²) in [5, 5.41) is 3.26. The number of pyridine rings is 1. The summed E-state index contributed by atoms with van der Waals surface area (Å²) in [6.07, 6.45) is 7.10. The van der Waals surface area contributed by atoms with Gasteiger partial charge in [0.15, 0.2) is 5.82 Å². The summed E-state index contributed by atoms with van der Waals surface area (Å²) >= 11 is 0. The summed E-state index contributed by atoms with van der Waals surface area (Å²) in [5.41, 5.74) is 4.05. The Morgan fingerprint density at radius 3 is 2.59 bits per heavy atom. The molecule has 1 amide bonds. The fraction of sp³-hybridized carbons (Fsp3) is 0.333. The lowest BCUT2D eigenvalue weighted by Gasteiger charge is -2.37. The van der Waals surface area contributed by atoms with E-state index in [9.17, 15) is 4.79 Å². The third-order valence-electron chi connectivity index (χ3n) is 5.63. The fourth-order valence-corrected chi connectivity index (χ4v) is 4.01. The number of rotatable bonds is 4. The second kappa shape index (κ2) is 7.74. The average Bonchev–Trinajstić information content (AvgIpc) is 2.73. The zero-order valence-electron chi connectivity index (χ0n) is 17.1. The maximum atomic E-state index is 13.0. The van der Waals surface area contributed by atoms with Gasteiger partial charge in [0.05, 0.1) is 17.7 Å². The summed E-state index contributed by atoms with van der Waals surface area (Å²) in [6.45, 7) is 6.40. The SMILES string of the molecule is C[C@@H](C(=O)N[C@@H]1CC(C)(C)Cc2nc(-c3ccncc3)ncc21)c1ccccc1. The number of nitrogens with one attached hydrogen (secondary N) is 1. The molecule has 1 aromatic carbocycles. The van der Waals surface area contributed by atoms with Crippen molar-refractivity contribution in [2.75, 3.05) is 0 Å². The van der Waals surface area contributed by atoms with Gasteiger partial charge in [-0.15, -0.1) is 0 Å². The minimum atomic E-state index is -0.207. The molecule has 2 heterocycles. The Morgan fingerprint density at radius 1 is 1.14 bits per heavy atom. The Hall–Kier alpha value is -3.08. The first kappa shape index (κ1) is 19.2. The number of aromatic nitrogens is 3. The topological polar surface area (TPSA) is 67.8 Å². The summed E-state index contributed by atoms with van der Waals surface area (Å²) in [6, 6.07) is 13.6. The van der Waals surface area contributed by atoms with Gasteiger partial charge in [-0.3, -0.25) is 9.78 Å². The number of carbonyl (C=O) groups excluding carboxylic acids is 1. The van der Waals surface area contributed by atoms with Gasteiger partial charge in [0.2, 0.25) is 5.91 Å². The number of fused-ring (bicyclic) bond motifs is 1. The normalized spacial score (nSPS) is 18.5. The average molecular weight is 386 g/mol. The maximum absolute atomic E-state index is 13.0. The van der Waals surface area contributed by atoms with Crippen LogP contribution in [0.2, 0.25) is 0 Å². The lowest BCUT2D eigenvalue weighted by atomic mass is 9.74. The highest BCUT2D eigenvalue weighted by molar-refractivity contribution is 5.83. The molecule has 0 bridgehead atoms. The molecule has 29 heavy (non-hydrogen) atoms. The van der Waals surface area contributed by atoms with Crippen molar-refractivity contribution in [3.05, 3.63) is 77.9 Å². The van der Waals surface area contributed by atoms with Crippen LogP contribution >= 0.6 is 0 Å². The maximum Gasteiger partial charge on any atom is 0.227 e. The number of benzene rings is 1. The summed E-state index contributed by atoms with van der Waals surface area (Å²) in [5.74, 6) is 0.524. The summed E-state index contributed by atoms with van der Waals surface area (Å²) in [4.78, 5) is 26.5. The number of hydrogen-bond acceptors (Lipinski definition) is 4. The minimum Gasteiger partial charge on any atom is -0.349 e. The molecular formula is C24H26N4O. The first-order chi connectivity index (χ1) is 13.9. The Morgan fingerprint density at radius 2 is 1.86 bits per heavy atom. The Bertz CT molecular complexity index is 1000. The molecule has 0 unspecified atom stereocenters. The van der Waals surface area contributed by atoms with Crippen molar-refractivity contribution in [1.82, 2.24) is 20.3 Å². The monoisotopic (exact) mass is 386 g/mol.